The zero-order valence-corrected chi connectivity index (χ0v) is 26.9. The lowest BCUT2D eigenvalue weighted by Crippen LogP contribution is -2.71. The number of β-lactam (4-membered cyclic amide) rings is 1. The van der Waals surface area contributed by atoms with Crippen molar-refractivity contribution in [1.82, 2.24) is 24.3 Å². The van der Waals surface area contributed by atoms with Crippen molar-refractivity contribution in [3.05, 3.63) is 23.3 Å². The summed E-state index contributed by atoms with van der Waals surface area (Å²) >= 11 is 1.99. The number of hydrogen-bond donors (Lipinski definition) is 8. The molecule has 12 N–H and O–H groups in total. The number of oxime groups is 1. The zero-order valence-electron chi connectivity index (χ0n) is 24.4. The Morgan fingerprint density at radius 1 is 1.28 bits per heavy atom. The van der Waals surface area contributed by atoms with Crippen LogP contribution in [0.3, 0.4) is 0 Å². The minimum absolute atomic E-state index is 0.00348. The number of nitrogens with two attached hydrogens (primary N) is 4. The number of carboxylic acid groups (broad SMARTS) is 2. The number of thioether (sulfide) groups is 1. The van der Waals surface area contributed by atoms with Gasteiger partial charge in [-0.1, -0.05) is 5.16 Å². The Morgan fingerprint density at radius 2 is 1.89 bits per heavy atom. The summed E-state index contributed by atoms with van der Waals surface area (Å²) in [6.07, 6.45) is 1.53. The van der Waals surface area contributed by atoms with Crippen LogP contribution in [0, 0.1) is 0 Å². The molecule has 47 heavy (non-hydrogen) atoms. The Hall–Kier alpha value is -5.05. The number of aliphatic carboxylic acids is 2. The number of nitrogen functional groups attached to an aromatic ring is 2. The van der Waals surface area contributed by atoms with Gasteiger partial charge in [-0.2, -0.15) is 9.36 Å². The maximum Gasteiger partial charge on any atom is 0.352 e. The average molecular weight is 721 g/mol. The number of aromatic nitrogens is 4. The van der Waals surface area contributed by atoms with Gasteiger partial charge in [-0.05, 0) is 13.8 Å². The number of guanidine groups is 1. The van der Waals surface area contributed by atoms with Gasteiger partial charge in [0.05, 0.1) is 7.05 Å². The van der Waals surface area contributed by atoms with Crippen LogP contribution in [-0.2, 0) is 48.0 Å². The third-order valence-corrected chi connectivity index (χ3v) is 8.04. The molecule has 4 heterocycles. The molecule has 0 radical (unpaired) electrons. The van der Waals surface area contributed by atoms with Crippen molar-refractivity contribution >= 4 is 85.8 Å². The van der Waals surface area contributed by atoms with Gasteiger partial charge in [0.1, 0.15) is 17.1 Å². The second-order valence-electron chi connectivity index (χ2n) is 9.91. The van der Waals surface area contributed by atoms with E-state index in [4.69, 9.17) is 45.3 Å². The maximum atomic E-state index is 13.2. The topological polar surface area (TPSA) is 374 Å². The first-order valence-electron chi connectivity index (χ1n) is 12.5. The van der Waals surface area contributed by atoms with Gasteiger partial charge in [0.15, 0.2) is 29.1 Å². The van der Waals surface area contributed by atoms with Crippen molar-refractivity contribution in [2.24, 2.45) is 28.7 Å². The van der Waals surface area contributed by atoms with Gasteiger partial charge in [0, 0.05) is 22.9 Å². The molecule has 4 rings (SSSR count). The number of amides is 2. The summed E-state index contributed by atoms with van der Waals surface area (Å²) in [6.45, 7) is 2.47. The number of nitrogens with one attached hydrogen (secondary N) is 1. The van der Waals surface area contributed by atoms with E-state index in [-0.39, 0.29) is 46.4 Å². The minimum atomic E-state index is -4.92. The molecule has 2 atom stereocenters. The highest BCUT2D eigenvalue weighted by Gasteiger charge is 2.55. The maximum absolute atomic E-state index is 13.2. The number of hydrogen-bond acceptors (Lipinski definition) is 16. The molecule has 1 fully saturated rings. The molecule has 0 saturated carbocycles. The summed E-state index contributed by atoms with van der Waals surface area (Å²) in [6, 6.07) is -1.14. The molecule has 2 aromatic heterocycles. The number of rotatable bonds is 10. The smallest absolute Gasteiger partial charge is 0.352 e. The molecule has 0 aliphatic carbocycles. The fourth-order valence-corrected chi connectivity index (χ4v) is 5.67. The first-order valence-corrected chi connectivity index (χ1v) is 15.7. The number of aliphatic imine (C=N–C) groups is 1. The molecule has 2 aliphatic heterocycles. The lowest BCUT2D eigenvalue weighted by Gasteiger charge is -2.49. The lowest BCUT2D eigenvalue weighted by atomic mass is 10.0. The van der Waals surface area contributed by atoms with E-state index in [1.807, 2.05) is 0 Å². The SMILES string of the molecule is Cn1c(N)c(N=C(N)N)c[n+]1CC1=C(C(=O)O)N2C(=O)[C@@H](NC(=O)/C(=N\OC(C)(C)C(=O)O)c3nsc(N)n3)[C@H]2SC1.O=S(=O)([O-])O. The molecule has 26 heteroatoms. The van der Waals surface area contributed by atoms with Gasteiger partial charge < -0.3 is 47.9 Å². The van der Waals surface area contributed by atoms with Crippen LogP contribution in [0.15, 0.2) is 27.6 Å². The van der Waals surface area contributed by atoms with Crippen LogP contribution in [0.25, 0.3) is 0 Å². The van der Waals surface area contributed by atoms with E-state index in [2.05, 4.69) is 24.8 Å². The quantitative estimate of drug-likeness (QED) is 0.0222. The van der Waals surface area contributed by atoms with Gasteiger partial charge in [-0.3, -0.25) is 19.0 Å². The molecular formula is C21H28N12O11S3. The zero-order chi connectivity index (χ0) is 35.6. The third-order valence-electron chi connectivity index (χ3n) is 6.16. The lowest BCUT2D eigenvalue weighted by molar-refractivity contribution is -0.765. The Bertz CT molecular complexity index is 1800. The monoisotopic (exact) mass is 720 g/mol. The van der Waals surface area contributed by atoms with Crippen LogP contribution in [0.2, 0.25) is 0 Å². The summed E-state index contributed by atoms with van der Waals surface area (Å²) in [7, 11) is -3.29. The van der Waals surface area contributed by atoms with Crippen molar-refractivity contribution in [3.8, 4) is 0 Å². The first kappa shape index (κ1) is 36.4. The Labute approximate surface area is 272 Å². The molecule has 0 bridgehead atoms. The van der Waals surface area contributed by atoms with Gasteiger partial charge in [-0.25, -0.2) is 23.0 Å². The van der Waals surface area contributed by atoms with Crippen LogP contribution in [0.4, 0.5) is 16.6 Å². The highest BCUT2D eigenvalue weighted by atomic mass is 32.3. The molecule has 1 saturated heterocycles. The number of fused-ring (bicyclic) bond motifs is 1. The van der Waals surface area contributed by atoms with Crippen LogP contribution < -0.4 is 32.9 Å². The molecule has 23 nitrogen and oxygen atoms in total. The summed E-state index contributed by atoms with van der Waals surface area (Å²) in [5.74, 6) is -4.37. The number of carboxylic acids is 2. The minimum Gasteiger partial charge on any atom is -0.726 e. The van der Waals surface area contributed by atoms with Crippen LogP contribution in [0.1, 0.15) is 19.7 Å². The van der Waals surface area contributed by atoms with Crippen LogP contribution in [-0.4, -0.2) is 105 Å². The molecule has 0 spiro atoms. The molecule has 0 aromatic carbocycles. The van der Waals surface area contributed by atoms with E-state index >= 15 is 0 Å². The van der Waals surface area contributed by atoms with E-state index < -0.39 is 56.9 Å². The van der Waals surface area contributed by atoms with Gasteiger partial charge in [0.2, 0.25) is 33.7 Å². The van der Waals surface area contributed by atoms with Crippen LogP contribution in [0.5, 0.6) is 0 Å². The predicted octanol–water partition coefficient (Wildman–Crippen LogP) is -3.74. The van der Waals surface area contributed by atoms with Crippen molar-refractivity contribution in [3.63, 3.8) is 0 Å². The van der Waals surface area contributed by atoms with Gasteiger partial charge in [0.25, 0.3) is 11.8 Å². The van der Waals surface area contributed by atoms with Gasteiger partial charge >= 0.3 is 11.9 Å². The van der Waals surface area contributed by atoms with Crippen molar-refractivity contribution < 1.29 is 56.4 Å². The average Bonchev–Trinajstić information content (AvgIpc) is 3.48. The third kappa shape index (κ3) is 8.61. The second-order valence-corrected chi connectivity index (χ2v) is 12.7. The molecule has 2 amide bonds. The summed E-state index contributed by atoms with van der Waals surface area (Å²) < 4.78 is 39.9. The Balaban J connectivity index is 0.00000111. The number of carbonyl (C=O) groups is 4. The van der Waals surface area contributed by atoms with E-state index in [0.717, 1.165) is 16.4 Å². The fraction of sp³-hybridized carbons (Fsp3) is 0.381. The summed E-state index contributed by atoms with van der Waals surface area (Å²) in [5, 5.41) is 24.7. The molecule has 2 aliphatic rings. The number of anilines is 2. The Kier molecular flexibility index (Phi) is 10.7. The molecule has 0 unspecified atom stereocenters. The van der Waals surface area contributed by atoms with E-state index in [0.29, 0.717) is 5.57 Å². The van der Waals surface area contributed by atoms with Crippen molar-refractivity contribution in [1.29, 1.82) is 0 Å². The normalized spacial score (nSPS) is 17.9. The predicted molar refractivity (Wildman–Crippen MR) is 161 cm³/mol. The highest BCUT2D eigenvalue weighted by Crippen LogP contribution is 2.40. The number of carbonyl (C=O) groups excluding carboxylic acids is 2. The second kappa shape index (κ2) is 13.7. The highest BCUT2D eigenvalue weighted by molar-refractivity contribution is 8.00. The first-order chi connectivity index (χ1) is 21.6. The largest absolute Gasteiger partial charge is 0.726 e. The molecule has 256 valence electrons. The number of nitrogens with zero attached hydrogens (tertiary/aromatic N) is 7. The van der Waals surface area contributed by atoms with E-state index in [1.54, 1.807) is 11.7 Å². The van der Waals surface area contributed by atoms with Crippen LogP contribution >= 0.6 is 23.3 Å². The van der Waals surface area contributed by atoms with E-state index in [1.165, 1.54) is 36.5 Å². The standard InChI is InChI=1S/C21H26N12O7S2.H2O4S/c1-21(2,18(38)39)40-29-9(13-28-20(25)42-30-13)14(34)27-10-15(35)33-11(17(36)37)7(6-41-16(10)33)4-32-5-8(26-19(23)24)12(22)31(32)3;1-5(2,3)4/h5,10,16,22H,4,6H2,1-3H3,(H9,23,24,25,26,27,28,30,34,36,37,38,39);(H2,1,2,3,4)/b29-9-;/t10-,16-;/m1./s1. The molecule has 2 aromatic rings. The molecular weight excluding hydrogens is 693 g/mol. The van der Waals surface area contributed by atoms with Crippen molar-refractivity contribution in [2.75, 3.05) is 17.2 Å². The Morgan fingerprint density at radius 3 is 2.40 bits per heavy atom. The van der Waals surface area contributed by atoms with E-state index in [9.17, 15) is 29.4 Å². The fourth-order valence-electron chi connectivity index (χ4n) is 3.90. The summed E-state index contributed by atoms with van der Waals surface area (Å²) in [5.41, 5.74) is 20.7. The van der Waals surface area contributed by atoms with Crippen molar-refractivity contribution in [2.45, 2.75) is 37.4 Å². The van der Waals surface area contributed by atoms with Gasteiger partial charge in [-0.15, -0.1) is 21.1 Å². The summed E-state index contributed by atoms with van der Waals surface area (Å²) in [4.78, 5) is 64.1.